The minimum Gasteiger partial charge on any atom is -0.422 e. The number of carbonyl (C=O) groups excluding carboxylic acids is 3. The fourth-order valence-corrected chi connectivity index (χ4v) is 3.43. The Kier molecular flexibility index (Phi) is 4.97. The molecule has 3 aromatic rings. The average molecular weight is 405 g/mol. The van der Waals surface area contributed by atoms with E-state index in [2.05, 4.69) is 10.3 Å². The summed E-state index contributed by atoms with van der Waals surface area (Å²) in [4.78, 5) is 40.5. The number of halogens is 1. The van der Waals surface area contributed by atoms with Crippen LogP contribution in [0.2, 0.25) is 0 Å². The largest absolute Gasteiger partial charge is 0.422 e. The molecule has 1 atom stereocenters. The summed E-state index contributed by atoms with van der Waals surface area (Å²) < 4.78 is 18.9. The Morgan fingerprint density at radius 3 is 2.60 bits per heavy atom. The molecule has 1 unspecified atom stereocenters. The van der Waals surface area contributed by atoms with Crippen LogP contribution in [-0.2, 0) is 9.59 Å². The number of ether oxygens (including phenoxy) is 1. The van der Waals surface area contributed by atoms with Crippen LogP contribution in [0.15, 0.2) is 66.5 Å². The topological polar surface area (TPSA) is 111 Å². The number of fused-ring (bicyclic) bond motifs is 1. The van der Waals surface area contributed by atoms with E-state index in [-0.39, 0.29) is 29.3 Å². The van der Waals surface area contributed by atoms with E-state index in [1.807, 2.05) is 0 Å². The SMILES string of the molecule is NC(=O)c1nccc2c(OC(=O)C3=CNC(=O)CC3c3ccc(F)cc3)cccc12. The van der Waals surface area contributed by atoms with Crippen LogP contribution >= 0.6 is 0 Å². The molecule has 1 aromatic heterocycles. The van der Waals surface area contributed by atoms with Crippen LogP contribution in [-0.4, -0.2) is 22.8 Å². The molecule has 3 N–H and O–H groups in total. The number of esters is 1. The molecule has 0 saturated heterocycles. The van der Waals surface area contributed by atoms with Crippen LogP contribution in [0.1, 0.15) is 28.4 Å². The molecule has 150 valence electrons. The molecule has 0 bridgehead atoms. The molecule has 0 fully saturated rings. The summed E-state index contributed by atoms with van der Waals surface area (Å²) in [5.41, 5.74) is 6.28. The number of nitrogens with one attached hydrogen (secondary N) is 1. The second-order valence-electron chi connectivity index (χ2n) is 6.74. The van der Waals surface area contributed by atoms with Gasteiger partial charge in [0.1, 0.15) is 17.3 Å². The van der Waals surface area contributed by atoms with Crippen LogP contribution in [0.4, 0.5) is 4.39 Å². The van der Waals surface area contributed by atoms with Gasteiger partial charge in [-0.1, -0.05) is 24.3 Å². The molecule has 1 aliphatic rings. The Hall–Kier alpha value is -4.07. The Labute approximate surface area is 170 Å². The van der Waals surface area contributed by atoms with Gasteiger partial charge >= 0.3 is 5.97 Å². The van der Waals surface area contributed by atoms with Crippen molar-refractivity contribution in [2.45, 2.75) is 12.3 Å². The van der Waals surface area contributed by atoms with Crippen LogP contribution in [0.3, 0.4) is 0 Å². The highest BCUT2D eigenvalue weighted by Gasteiger charge is 2.30. The number of rotatable bonds is 4. The molecule has 0 aliphatic carbocycles. The molecule has 2 amide bonds. The van der Waals surface area contributed by atoms with Crippen LogP contribution < -0.4 is 15.8 Å². The maximum Gasteiger partial charge on any atom is 0.341 e. The van der Waals surface area contributed by atoms with Gasteiger partial charge < -0.3 is 15.8 Å². The monoisotopic (exact) mass is 405 g/mol. The number of benzene rings is 2. The number of nitrogens with two attached hydrogens (primary N) is 1. The number of carbonyl (C=O) groups is 3. The number of primary amides is 1. The van der Waals surface area contributed by atoms with Gasteiger partial charge in [0.05, 0.1) is 5.57 Å². The summed E-state index contributed by atoms with van der Waals surface area (Å²) in [7, 11) is 0. The zero-order chi connectivity index (χ0) is 21.3. The van der Waals surface area contributed by atoms with Crippen molar-refractivity contribution in [3.63, 3.8) is 0 Å². The summed E-state index contributed by atoms with van der Waals surface area (Å²) in [5.74, 6) is -2.40. The van der Waals surface area contributed by atoms with E-state index in [0.717, 1.165) is 0 Å². The highest BCUT2D eigenvalue weighted by Crippen LogP contribution is 2.33. The first-order valence-corrected chi connectivity index (χ1v) is 9.08. The highest BCUT2D eigenvalue weighted by molar-refractivity contribution is 6.06. The molecule has 0 spiro atoms. The highest BCUT2D eigenvalue weighted by atomic mass is 19.1. The second kappa shape index (κ2) is 7.75. The van der Waals surface area contributed by atoms with Gasteiger partial charge in [0.25, 0.3) is 5.91 Å². The number of amides is 2. The van der Waals surface area contributed by atoms with Crippen molar-refractivity contribution in [2.75, 3.05) is 0 Å². The lowest BCUT2D eigenvalue weighted by atomic mass is 9.86. The molecule has 8 heteroatoms. The quantitative estimate of drug-likeness (QED) is 0.512. The van der Waals surface area contributed by atoms with E-state index < -0.39 is 23.6 Å². The fraction of sp³-hybridized carbons (Fsp3) is 0.0909. The Morgan fingerprint density at radius 2 is 1.87 bits per heavy atom. The first-order chi connectivity index (χ1) is 14.4. The van der Waals surface area contributed by atoms with Gasteiger partial charge in [0, 0.05) is 35.5 Å². The molecule has 2 heterocycles. The van der Waals surface area contributed by atoms with Crippen molar-refractivity contribution in [3.05, 3.63) is 83.6 Å². The van der Waals surface area contributed by atoms with Gasteiger partial charge in [-0.2, -0.15) is 0 Å². The minimum absolute atomic E-state index is 0.0256. The zero-order valence-electron chi connectivity index (χ0n) is 15.6. The maximum atomic E-state index is 13.3. The summed E-state index contributed by atoms with van der Waals surface area (Å²) in [6.45, 7) is 0. The minimum atomic E-state index is -0.696. The van der Waals surface area contributed by atoms with Crippen molar-refractivity contribution in [3.8, 4) is 5.75 Å². The van der Waals surface area contributed by atoms with E-state index in [0.29, 0.717) is 16.3 Å². The Morgan fingerprint density at radius 1 is 1.10 bits per heavy atom. The third-order valence-electron chi connectivity index (χ3n) is 4.86. The molecule has 0 saturated carbocycles. The normalized spacial score (nSPS) is 16.0. The van der Waals surface area contributed by atoms with Crippen LogP contribution in [0.25, 0.3) is 10.8 Å². The lowest BCUT2D eigenvalue weighted by molar-refractivity contribution is -0.130. The number of nitrogens with zero attached hydrogens (tertiary/aromatic N) is 1. The van der Waals surface area contributed by atoms with E-state index >= 15 is 0 Å². The number of pyridine rings is 1. The molecule has 2 aromatic carbocycles. The Balaban J connectivity index is 1.69. The summed E-state index contributed by atoms with van der Waals surface area (Å²) in [6.07, 6.45) is 2.74. The molecular weight excluding hydrogens is 389 g/mol. The van der Waals surface area contributed by atoms with Crippen molar-refractivity contribution in [1.82, 2.24) is 10.3 Å². The van der Waals surface area contributed by atoms with Gasteiger partial charge in [-0.25, -0.2) is 9.18 Å². The summed E-state index contributed by atoms with van der Waals surface area (Å²) >= 11 is 0. The van der Waals surface area contributed by atoms with E-state index in [1.54, 1.807) is 24.3 Å². The van der Waals surface area contributed by atoms with Crippen LogP contribution in [0, 0.1) is 5.82 Å². The Bertz CT molecular complexity index is 1200. The predicted molar refractivity (Wildman–Crippen MR) is 106 cm³/mol. The molecule has 0 radical (unpaired) electrons. The first-order valence-electron chi connectivity index (χ1n) is 9.08. The van der Waals surface area contributed by atoms with Crippen molar-refractivity contribution < 1.29 is 23.5 Å². The number of aromatic nitrogens is 1. The summed E-state index contributed by atoms with van der Waals surface area (Å²) in [6, 6.07) is 12.1. The molecule has 30 heavy (non-hydrogen) atoms. The van der Waals surface area contributed by atoms with Gasteiger partial charge in [-0.3, -0.25) is 14.6 Å². The average Bonchev–Trinajstić information content (AvgIpc) is 2.74. The van der Waals surface area contributed by atoms with Crippen LogP contribution in [0.5, 0.6) is 5.75 Å². The van der Waals surface area contributed by atoms with Gasteiger partial charge in [0.15, 0.2) is 0 Å². The third-order valence-corrected chi connectivity index (χ3v) is 4.86. The van der Waals surface area contributed by atoms with Gasteiger partial charge in [-0.05, 0) is 29.8 Å². The predicted octanol–water partition coefficient (Wildman–Crippen LogP) is 2.57. The fourth-order valence-electron chi connectivity index (χ4n) is 3.43. The molecule has 7 nitrogen and oxygen atoms in total. The number of hydrogen-bond acceptors (Lipinski definition) is 5. The maximum absolute atomic E-state index is 13.3. The third kappa shape index (κ3) is 3.62. The zero-order valence-corrected chi connectivity index (χ0v) is 15.6. The van der Waals surface area contributed by atoms with Crippen molar-refractivity contribution >= 4 is 28.6 Å². The van der Waals surface area contributed by atoms with E-state index in [4.69, 9.17) is 10.5 Å². The van der Waals surface area contributed by atoms with E-state index in [9.17, 15) is 18.8 Å². The lowest BCUT2D eigenvalue weighted by Crippen LogP contribution is -2.31. The second-order valence-corrected chi connectivity index (χ2v) is 6.74. The summed E-state index contributed by atoms with van der Waals surface area (Å²) in [5, 5.41) is 3.47. The van der Waals surface area contributed by atoms with E-state index in [1.165, 1.54) is 36.7 Å². The lowest BCUT2D eigenvalue weighted by Gasteiger charge is -2.23. The standard InChI is InChI=1S/C22H16FN3O4/c23-13-6-4-12(5-7-13)16-10-19(27)26-11-17(16)22(29)30-18-3-1-2-15-14(18)8-9-25-20(15)21(24)28/h1-9,11,16H,10H2,(H2,24,28)(H,26,27). The molecular formula is C22H16FN3O4. The molecule has 1 aliphatic heterocycles. The smallest absolute Gasteiger partial charge is 0.341 e. The van der Waals surface area contributed by atoms with Crippen molar-refractivity contribution in [1.29, 1.82) is 0 Å². The molecule has 4 rings (SSSR count). The van der Waals surface area contributed by atoms with Crippen molar-refractivity contribution in [2.24, 2.45) is 5.73 Å². The first kappa shape index (κ1) is 19.3. The van der Waals surface area contributed by atoms with Gasteiger partial charge in [0.2, 0.25) is 5.91 Å². The van der Waals surface area contributed by atoms with Gasteiger partial charge in [-0.15, -0.1) is 0 Å². The number of hydrogen-bond donors (Lipinski definition) is 2.